The number of benzene rings is 2. The number of urea groups is 1. The normalized spacial score (nSPS) is 18.5. The highest BCUT2D eigenvalue weighted by molar-refractivity contribution is 5.95. The molecule has 2 aliphatic heterocycles. The van der Waals surface area contributed by atoms with Crippen molar-refractivity contribution in [2.45, 2.75) is 13.0 Å². The number of ether oxygens (including phenoxy) is 2. The Morgan fingerprint density at radius 1 is 1.08 bits per heavy atom. The van der Waals surface area contributed by atoms with Crippen molar-refractivity contribution in [3.63, 3.8) is 0 Å². The second kappa shape index (κ2) is 11.4. The van der Waals surface area contributed by atoms with E-state index in [1.165, 1.54) is 23.1 Å². The summed E-state index contributed by atoms with van der Waals surface area (Å²) >= 11 is 0. The minimum Gasteiger partial charge on any atom is -0.497 e. The van der Waals surface area contributed by atoms with E-state index in [1.807, 2.05) is 0 Å². The van der Waals surface area contributed by atoms with Gasteiger partial charge < -0.3 is 19.7 Å². The van der Waals surface area contributed by atoms with E-state index < -0.39 is 23.9 Å². The molecule has 1 atom stereocenters. The lowest BCUT2D eigenvalue weighted by atomic mass is 9.94. The maximum absolute atomic E-state index is 14.0. The van der Waals surface area contributed by atoms with E-state index in [0.717, 1.165) is 0 Å². The molecule has 0 radical (unpaired) electrons. The van der Waals surface area contributed by atoms with E-state index >= 15 is 0 Å². The van der Waals surface area contributed by atoms with Gasteiger partial charge in [0.1, 0.15) is 11.6 Å². The average molecular weight is 511 g/mol. The molecular weight excluding hydrogens is 479 g/mol. The zero-order chi connectivity index (χ0) is 26.5. The minimum atomic E-state index is -0.841. The zero-order valence-electron chi connectivity index (χ0n) is 21.2. The lowest BCUT2D eigenvalue weighted by Gasteiger charge is -2.39. The molecule has 4 rings (SSSR count). The molecular formula is C27H31FN4O5. The Balaban J connectivity index is 1.54. The second-order valence-electron chi connectivity index (χ2n) is 8.87. The van der Waals surface area contributed by atoms with Crippen LogP contribution in [0.5, 0.6) is 5.75 Å². The lowest BCUT2D eigenvalue weighted by Crippen LogP contribution is -2.53. The molecule has 0 aliphatic carbocycles. The van der Waals surface area contributed by atoms with Crippen LogP contribution in [-0.2, 0) is 9.53 Å². The molecule has 3 amide bonds. The Morgan fingerprint density at radius 2 is 1.78 bits per heavy atom. The lowest BCUT2D eigenvalue weighted by molar-refractivity contribution is -0.139. The summed E-state index contributed by atoms with van der Waals surface area (Å²) in [6, 6.07) is 11.6. The van der Waals surface area contributed by atoms with Crippen molar-refractivity contribution >= 4 is 17.9 Å². The molecule has 9 nitrogen and oxygen atoms in total. The first-order valence-corrected chi connectivity index (χ1v) is 12.2. The Bertz CT molecular complexity index is 1190. The van der Waals surface area contributed by atoms with Crippen LogP contribution in [0.15, 0.2) is 59.8 Å². The molecule has 0 aromatic heterocycles. The molecule has 0 saturated carbocycles. The fourth-order valence-corrected chi connectivity index (χ4v) is 4.57. The number of rotatable bonds is 7. The molecule has 196 valence electrons. The van der Waals surface area contributed by atoms with Gasteiger partial charge in [0.15, 0.2) is 0 Å². The van der Waals surface area contributed by atoms with E-state index in [2.05, 4.69) is 10.2 Å². The summed E-state index contributed by atoms with van der Waals surface area (Å²) in [6.45, 7) is 4.28. The average Bonchev–Trinajstić information content (AvgIpc) is 2.91. The number of halogens is 1. The van der Waals surface area contributed by atoms with Gasteiger partial charge in [0.2, 0.25) is 0 Å². The first kappa shape index (κ1) is 26.2. The van der Waals surface area contributed by atoms with Crippen LogP contribution in [-0.4, -0.2) is 86.1 Å². The summed E-state index contributed by atoms with van der Waals surface area (Å²) in [5, 5.41) is 2.80. The SMILES string of the molecule is CCOC(=O)C1=C(CN2CCN(C(=O)c3ccc(OC)cc3)CC2)N(C)C(=O)N[C@@H]1c1cccc(F)c1. The summed E-state index contributed by atoms with van der Waals surface area (Å²) in [5.41, 5.74) is 1.80. The van der Waals surface area contributed by atoms with Crippen LogP contribution in [0.4, 0.5) is 9.18 Å². The van der Waals surface area contributed by atoms with E-state index in [-0.39, 0.29) is 18.1 Å². The molecule has 37 heavy (non-hydrogen) atoms. The van der Waals surface area contributed by atoms with E-state index in [1.54, 1.807) is 56.3 Å². The molecule has 2 heterocycles. The molecule has 1 saturated heterocycles. The Morgan fingerprint density at radius 3 is 2.41 bits per heavy atom. The first-order chi connectivity index (χ1) is 17.8. The highest BCUT2D eigenvalue weighted by Gasteiger charge is 2.38. The smallest absolute Gasteiger partial charge is 0.338 e. The third-order valence-electron chi connectivity index (χ3n) is 6.62. The van der Waals surface area contributed by atoms with E-state index in [0.29, 0.717) is 55.3 Å². The first-order valence-electron chi connectivity index (χ1n) is 12.2. The quantitative estimate of drug-likeness (QED) is 0.576. The minimum absolute atomic E-state index is 0.0611. The van der Waals surface area contributed by atoms with Gasteiger partial charge in [-0.25, -0.2) is 14.0 Å². The summed E-state index contributed by atoms with van der Waals surface area (Å²) in [7, 11) is 3.17. The van der Waals surface area contributed by atoms with Crippen molar-refractivity contribution in [3.8, 4) is 5.75 Å². The third-order valence-corrected chi connectivity index (χ3v) is 6.62. The van der Waals surface area contributed by atoms with Gasteiger partial charge in [-0.15, -0.1) is 0 Å². The molecule has 0 spiro atoms. The van der Waals surface area contributed by atoms with Crippen molar-refractivity contribution in [2.24, 2.45) is 0 Å². The molecule has 0 bridgehead atoms. The van der Waals surface area contributed by atoms with Crippen molar-refractivity contribution in [1.82, 2.24) is 20.0 Å². The van der Waals surface area contributed by atoms with Crippen LogP contribution >= 0.6 is 0 Å². The number of esters is 1. The van der Waals surface area contributed by atoms with Crippen molar-refractivity contribution < 1.29 is 28.2 Å². The summed E-state index contributed by atoms with van der Waals surface area (Å²) in [4.78, 5) is 44.1. The van der Waals surface area contributed by atoms with Crippen LogP contribution in [0.25, 0.3) is 0 Å². The summed E-state index contributed by atoms with van der Waals surface area (Å²) in [6.07, 6.45) is 0. The molecule has 2 aromatic rings. The molecule has 10 heteroatoms. The number of nitrogens with one attached hydrogen (secondary N) is 1. The van der Waals surface area contributed by atoms with Gasteiger partial charge in [-0.3, -0.25) is 14.6 Å². The number of carbonyl (C=O) groups is 3. The number of likely N-dealkylation sites (N-methyl/N-ethyl adjacent to an activating group) is 1. The monoisotopic (exact) mass is 510 g/mol. The van der Waals surface area contributed by atoms with Crippen molar-refractivity contribution in [1.29, 1.82) is 0 Å². The van der Waals surface area contributed by atoms with Gasteiger partial charge in [0.25, 0.3) is 5.91 Å². The predicted octanol–water partition coefficient (Wildman–Crippen LogP) is 2.81. The van der Waals surface area contributed by atoms with Gasteiger partial charge in [-0.1, -0.05) is 12.1 Å². The number of amides is 3. The van der Waals surface area contributed by atoms with Crippen molar-refractivity contribution in [2.75, 3.05) is 53.5 Å². The van der Waals surface area contributed by atoms with Crippen LogP contribution < -0.4 is 10.1 Å². The maximum Gasteiger partial charge on any atom is 0.338 e. The van der Waals surface area contributed by atoms with Crippen LogP contribution in [0.2, 0.25) is 0 Å². The van der Waals surface area contributed by atoms with E-state index in [4.69, 9.17) is 9.47 Å². The number of hydrogen-bond donors (Lipinski definition) is 1. The Hall–Kier alpha value is -3.92. The predicted molar refractivity (Wildman–Crippen MR) is 134 cm³/mol. The largest absolute Gasteiger partial charge is 0.497 e. The van der Waals surface area contributed by atoms with Gasteiger partial charge in [0, 0.05) is 51.0 Å². The molecule has 2 aromatic carbocycles. The number of hydrogen-bond acceptors (Lipinski definition) is 6. The van der Waals surface area contributed by atoms with Crippen molar-refractivity contribution in [3.05, 3.63) is 76.7 Å². The zero-order valence-corrected chi connectivity index (χ0v) is 21.2. The molecule has 1 fully saturated rings. The van der Waals surface area contributed by atoms with Gasteiger partial charge in [-0.05, 0) is 48.9 Å². The van der Waals surface area contributed by atoms with Gasteiger partial charge in [0.05, 0.1) is 25.3 Å². The summed E-state index contributed by atoms with van der Waals surface area (Å²) < 4.78 is 24.5. The maximum atomic E-state index is 14.0. The number of methoxy groups -OCH3 is 1. The highest BCUT2D eigenvalue weighted by atomic mass is 19.1. The second-order valence-corrected chi connectivity index (χ2v) is 8.87. The number of nitrogens with zero attached hydrogens (tertiary/aromatic N) is 3. The fraction of sp³-hybridized carbons (Fsp3) is 0.370. The van der Waals surface area contributed by atoms with Gasteiger partial charge >= 0.3 is 12.0 Å². The topological polar surface area (TPSA) is 91.4 Å². The summed E-state index contributed by atoms with van der Waals surface area (Å²) in [5.74, 6) is -0.404. The third kappa shape index (κ3) is 5.75. The van der Waals surface area contributed by atoms with Crippen LogP contribution in [0.3, 0.4) is 0 Å². The molecule has 1 N–H and O–H groups in total. The standard InChI is InChI=1S/C27H31FN4O5/c1-4-37-26(34)23-22(30(2)27(35)29-24(23)19-6-5-7-20(28)16-19)17-31-12-14-32(15-13-31)25(33)18-8-10-21(36-3)11-9-18/h5-11,16,24H,4,12-15,17H2,1-3H3,(H,29,35)/t24-/m1/s1. The number of carbonyl (C=O) groups excluding carboxylic acids is 3. The van der Waals surface area contributed by atoms with Crippen LogP contribution in [0, 0.1) is 5.82 Å². The molecule has 2 aliphatic rings. The molecule has 0 unspecified atom stereocenters. The van der Waals surface area contributed by atoms with Crippen LogP contribution in [0.1, 0.15) is 28.9 Å². The fourth-order valence-electron chi connectivity index (χ4n) is 4.57. The Kier molecular flexibility index (Phi) is 8.08. The van der Waals surface area contributed by atoms with E-state index in [9.17, 15) is 18.8 Å². The number of piperazine rings is 1. The van der Waals surface area contributed by atoms with Gasteiger partial charge in [-0.2, -0.15) is 0 Å². The Labute approximate surface area is 215 Å². The highest BCUT2D eigenvalue weighted by Crippen LogP contribution is 2.32.